The van der Waals surface area contributed by atoms with E-state index in [1.807, 2.05) is 6.92 Å². The highest BCUT2D eigenvalue weighted by Crippen LogP contribution is 2.15. The van der Waals surface area contributed by atoms with Gasteiger partial charge in [0.25, 0.3) is 5.91 Å². The summed E-state index contributed by atoms with van der Waals surface area (Å²) in [5.41, 5.74) is 2.37. The van der Waals surface area contributed by atoms with Crippen molar-refractivity contribution >= 4 is 11.8 Å². The van der Waals surface area contributed by atoms with Crippen LogP contribution in [0, 0.1) is 5.92 Å². The highest BCUT2D eigenvalue weighted by atomic mass is 16.3. The molecule has 5 nitrogen and oxygen atoms in total. The van der Waals surface area contributed by atoms with Gasteiger partial charge in [-0.15, -0.1) is 0 Å². The molecule has 5 heteroatoms. The average molecular weight is 342 g/mol. The Balaban J connectivity index is 1.75. The van der Waals surface area contributed by atoms with Crippen molar-refractivity contribution in [3.63, 3.8) is 0 Å². The largest absolute Gasteiger partial charge is 0.459 e. The molecule has 0 aliphatic heterocycles. The summed E-state index contributed by atoms with van der Waals surface area (Å²) in [6.45, 7) is 6.62. The molecule has 1 heterocycles. The Morgan fingerprint density at radius 2 is 1.80 bits per heavy atom. The average Bonchev–Trinajstić information content (AvgIpc) is 3.09. The fourth-order valence-corrected chi connectivity index (χ4v) is 2.60. The minimum atomic E-state index is -0.313. The van der Waals surface area contributed by atoms with Crippen molar-refractivity contribution in [2.45, 2.75) is 39.7 Å². The van der Waals surface area contributed by atoms with Gasteiger partial charge in [-0.3, -0.25) is 9.59 Å². The normalized spacial score (nSPS) is 12.0. The molecule has 0 fully saturated rings. The van der Waals surface area contributed by atoms with Crippen LogP contribution in [0.3, 0.4) is 0 Å². The van der Waals surface area contributed by atoms with Crippen LogP contribution in [-0.4, -0.2) is 18.4 Å². The van der Waals surface area contributed by atoms with Crippen molar-refractivity contribution < 1.29 is 14.0 Å². The molecular formula is C20H26N2O3. The van der Waals surface area contributed by atoms with Gasteiger partial charge < -0.3 is 15.1 Å². The molecule has 0 saturated heterocycles. The predicted octanol–water partition coefficient (Wildman–Crippen LogP) is 3.48. The fourth-order valence-electron chi connectivity index (χ4n) is 2.60. The minimum Gasteiger partial charge on any atom is -0.459 e. The lowest BCUT2D eigenvalue weighted by Crippen LogP contribution is -2.31. The molecule has 0 saturated carbocycles. The van der Waals surface area contributed by atoms with Gasteiger partial charge in [-0.25, -0.2) is 0 Å². The molecule has 1 aromatic heterocycles. The molecule has 2 amide bonds. The molecule has 1 atom stereocenters. The summed E-state index contributed by atoms with van der Waals surface area (Å²) in [5.74, 6) is 0.458. The van der Waals surface area contributed by atoms with Crippen LogP contribution in [0.25, 0.3) is 0 Å². The van der Waals surface area contributed by atoms with Gasteiger partial charge in [0.15, 0.2) is 5.76 Å². The van der Waals surface area contributed by atoms with Crippen LogP contribution in [0.15, 0.2) is 47.1 Å². The van der Waals surface area contributed by atoms with Gasteiger partial charge >= 0.3 is 0 Å². The Hall–Kier alpha value is -2.56. The monoisotopic (exact) mass is 342 g/mol. The van der Waals surface area contributed by atoms with E-state index in [2.05, 4.69) is 48.7 Å². The molecule has 2 N–H and O–H groups in total. The van der Waals surface area contributed by atoms with Gasteiger partial charge in [-0.2, -0.15) is 0 Å². The molecule has 134 valence electrons. The molecule has 0 spiro atoms. The van der Waals surface area contributed by atoms with Crippen LogP contribution in [-0.2, 0) is 11.2 Å². The summed E-state index contributed by atoms with van der Waals surface area (Å²) in [7, 11) is 0. The minimum absolute atomic E-state index is 0.0682. The van der Waals surface area contributed by atoms with E-state index in [0.717, 1.165) is 12.0 Å². The summed E-state index contributed by atoms with van der Waals surface area (Å²) in [6, 6.07) is 11.5. The van der Waals surface area contributed by atoms with Gasteiger partial charge in [-0.1, -0.05) is 38.1 Å². The first kappa shape index (κ1) is 18.8. The number of carbonyl (C=O) groups is 2. The maximum absolute atomic E-state index is 12.0. The third-order valence-corrected chi connectivity index (χ3v) is 3.88. The number of benzene rings is 1. The third-order valence-electron chi connectivity index (χ3n) is 3.88. The maximum Gasteiger partial charge on any atom is 0.286 e. The van der Waals surface area contributed by atoms with Gasteiger partial charge in [-0.05, 0) is 42.5 Å². The van der Waals surface area contributed by atoms with Crippen molar-refractivity contribution in [3.05, 3.63) is 59.5 Å². The summed E-state index contributed by atoms with van der Waals surface area (Å²) >= 11 is 0. The van der Waals surface area contributed by atoms with E-state index < -0.39 is 0 Å². The second kappa shape index (κ2) is 9.06. The van der Waals surface area contributed by atoms with Crippen molar-refractivity contribution in [3.8, 4) is 0 Å². The van der Waals surface area contributed by atoms with E-state index >= 15 is 0 Å². The maximum atomic E-state index is 12.0. The lowest BCUT2D eigenvalue weighted by molar-refractivity contribution is -0.121. The number of carbonyl (C=O) groups excluding carboxylic acids is 2. The number of hydrogen-bond donors (Lipinski definition) is 2. The molecule has 2 aromatic rings. The summed E-state index contributed by atoms with van der Waals surface area (Å²) < 4.78 is 5.00. The molecule has 0 aliphatic carbocycles. The second-order valence-electron chi connectivity index (χ2n) is 6.61. The van der Waals surface area contributed by atoms with E-state index in [0.29, 0.717) is 5.92 Å². The number of rotatable bonds is 8. The lowest BCUT2D eigenvalue weighted by atomic mass is 10.00. The Morgan fingerprint density at radius 1 is 1.08 bits per heavy atom. The molecule has 0 bridgehead atoms. The molecule has 0 unspecified atom stereocenters. The molecule has 2 rings (SSSR count). The number of furan rings is 1. The van der Waals surface area contributed by atoms with Crippen LogP contribution in [0.1, 0.15) is 54.9 Å². The van der Waals surface area contributed by atoms with Crippen LogP contribution >= 0.6 is 0 Å². The molecule has 25 heavy (non-hydrogen) atoms. The summed E-state index contributed by atoms with van der Waals surface area (Å²) in [6.07, 6.45) is 2.72. The predicted molar refractivity (Wildman–Crippen MR) is 97.2 cm³/mol. The highest BCUT2D eigenvalue weighted by molar-refractivity contribution is 5.91. The summed E-state index contributed by atoms with van der Waals surface area (Å²) in [5, 5.41) is 5.61. The van der Waals surface area contributed by atoms with Gasteiger partial charge in [0, 0.05) is 13.0 Å². The highest BCUT2D eigenvalue weighted by Gasteiger charge is 2.11. The smallest absolute Gasteiger partial charge is 0.286 e. The third kappa shape index (κ3) is 6.10. The summed E-state index contributed by atoms with van der Waals surface area (Å²) in [4.78, 5) is 23.7. The van der Waals surface area contributed by atoms with Gasteiger partial charge in [0.05, 0.1) is 12.3 Å². The van der Waals surface area contributed by atoms with E-state index in [1.165, 1.54) is 11.8 Å². The Morgan fingerprint density at radius 3 is 2.40 bits per heavy atom. The van der Waals surface area contributed by atoms with Gasteiger partial charge in [0.2, 0.25) is 5.91 Å². The Kier molecular flexibility index (Phi) is 6.81. The number of amides is 2. The second-order valence-corrected chi connectivity index (χ2v) is 6.61. The van der Waals surface area contributed by atoms with E-state index in [-0.39, 0.29) is 36.6 Å². The standard InChI is InChI=1S/C20H26N2O3/c1-14(2)13-16-6-8-17(9-7-16)15(3)22-19(23)10-11-21-20(24)18-5-4-12-25-18/h4-9,12,14-15H,10-11,13H2,1-3H3,(H,21,24)(H,22,23)/t15-/m0/s1. The van der Waals surface area contributed by atoms with Crippen LogP contribution in [0.2, 0.25) is 0 Å². The van der Waals surface area contributed by atoms with Crippen LogP contribution < -0.4 is 10.6 Å². The van der Waals surface area contributed by atoms with E-state index in [1.54, 1.807) is 12.1 Å². The zero-order valence-corrected chi connectivity index (χ0v) is 15.0. The fraction of sp³-hybridized carbons (Fsp3) is 0.400. The zero-order chi connectivity index (χ0) is 18.2. The molecule has 1 aromatic carbocycles. The number of nitrogens with one attached hydrogen (secondary N) is 2. The first-order valence-electron chi connectivity index (χ1n) is 8.65. The Labute approximate surface area is 148 Å². The van der Waals surface area contributed by atoms with Crippen molar-refractivity contribution in [2.75, 3.05) is 6.54 Å². The van der Waals surface area contributed by atoms with E-state index in [4.69, 9.17) is 4.42 Å². The van der Waals surface area contributed by atoms with Crippen molar-refractivity contribution in [2.24, 2.45) is 5.92 Å². The lowest BCUT2D eigenvalue weighted by Gasteiger charge is -2.15. The zero-order valence-electron chi connectivity index (χ0n) is 15.0. The molecular weight excluding hydrogens is 316 g/mol. The van der Waals surface area contributed by atoms with Crippen LogP contribution in [0.5, 0.6) is 0 Å². The quantitative estimate of drug-likeness (QED) is 0.771. The first-order chi connectivity index (χ1) is 12.0. The Bertz CT molecular complexity index is 675. The first-order valence-corrected chi connectivity index (χ1v) is 8.65. The SMILES string of the molecule is CC(C)Cc1ccc([C@H](C)NC(=O)CCNC(=O)c2ccco2)cc1. The topological polar surface area (TPSA) is 71.3 Å². The van der Waals surface area contributed by atoms with E-state index in [9.17, 15) is 9.59 Å². The van der Waals surface area contributed by atoms with Crippen molar-refractivity contribution in [1.82, 2.24) is 10.6 Å². The van der Waals surface area contributed by atoms with Crippen LogP contribution in [0.4, 0.5) is 0 Å². The molecule has 0 aliphatic rings. The number of hydrogen-bond acceptors (Lipinski definition) is 3. The molecule has 0 radical (unpaired) electrons. The van der Waals surface area contributed by atoms with Crippen molar-refractivity contribution in [1.29, 1.82) is 0 Å². The van der Waals surface area contributed by atoms with Gasteiger partial charge in [0.1, 0.15) is 0 Å².